The number of hydrogen-bond donors (Lipinski definition) is 2. The third kappa shape index (κ3) is 2.61. The van der Waals surface area contributed by atoms with E-state index in [1.165, 1.54) is 65.6 Å². The first-order valence-electron chi connectivity index (χ1n) is 8.51. The Morgan fingerprint density at radius 2 is 2.05 bits per heavy atom. The number of fused-ring (bicyclic) bond motifs is 3. The SMILES string of the molecule is CNC[C@H]1CC[C@H](Nc2ncnc3sc4c(c23)CCC4)CC1. The summed E-state index contributed by atoms with van der Waals surface area (Å²) >= 11 is 1.87. The Labute approximate surface area is 135 Å². The molecule has 0 aliphatic heterocycles. The summed E-state index contributed by atoms with van der Waals surface area (Å²) in [7, 11) is 2.05. The molecule has 22 heavy (non-hydrogen) atoms. The Balaban J connectivity index is 1.53. The lowest BCUT2D eigenvalue weighted by Crippen LogP contribution is -2.30. The van der Waals surface area contributed by atoms with E-state index in [0.29, 0.717) is 6.04 Å². The average Bonchev–Trinajstić information content (AvgIpc) is 3.10. The Kier molecular flexibility index (Phi) is 4.01. The number of anilines is 1. The number of hydrogen-bond acceptors (Lipinski definition) is 5. The van der Waals surface area contributed by atoms with E-state index in [0.717, 1.165) is 18.3 Å². The van der Waals surface area contributed by atoms with Crippen LogP contribution in [0.25, 0.3) is 10.2 Å². The van der Waals surface area contributed by atoms with Crippen LogP contribution in [0.15, 0.2) is 6.33 Å². The highest BCUT2D eigenvalue weighted by molar-refractivity contribution is 7.19. The van der Waals surface area contributed by atoms with Crippen molar-refractivity contribution in [3.63, 3.8) is 0 Å². The Bertz CT molecular complexity index is 658. The molecule has 1 fully saturated rings. The monoisotopic (exact) mass is 316 g/mol. The van der Waals surface area contributed by atoms with Crippen LogP contribution in [0.3, 0.4) is 0 Å². The number of aromatic nitrogens is 2. The minimum atomic E-state index is 0.572. The number of thiophene rings is 1. The van der Waals surface area contributed by atoms with Gasteiger partial charge >= 0.3 is 0 Å². The maximum atomic E-state index is 4.58. The van der Waals surface area contributed by atoms with Gasteiger partial charge in [-0.2, -0.15) is 0 Å². The highest BCUT2D eigenvalue weighted by atomic mass is 32.1. The molecule has 0 unspecified atom stereocenters. The summed E-state index contributed by atoms with van der Waals surface area (Å²) in [4.78, 5) is 11.8. The van der Waals surface area contributed by atoms with E-state index in [1.807, 2.05) is 11.3 Å². The smallest absolute Gasteiger partial charge is 0.138 e. The molecule has 2 N–H and O–H groups in total. The molecule has 0 saturated heterocycles. The third-order valence-electron chi connectivity index (χ3n) is 5.18. The van der Waals surface area contributed by atoms with Crippen molar-refractivity contribution in [3.05, 3.63) is 16.8 Å². The van der Waals surface area contributed by atoms with Crippen molar-refractivity contribution in [2.24, 2.45) is 5.92 Å². The van der Waals surface area contributed by atoms with Crippen LogP contribution in [0.1, 0.15) is 42.5 Å². The zero-order chi connectivity index (χ0) is 14.9. The summed E-state index contributed by atoms with van der Waals surface area (Å²) < 4.78 is 0. The second-order valence-corrected chi connectivity index (χ2v) is 7.76. The van der Waals surface area contributed by atoms with Gasteiger partial charge in [-0.1, -0.05) is 0 Å². The molecule has 0 amide bonds. The van der Waals surface area contributed by atoms with Crippen molar-refractivity contribution < 1.29 is 0 Å². The highest BCUT2D eigenvalue weighted by Crippen LogP contribution is 2.39. The van der Waals surface area contributed by atoms with E-state index in [2.05, 4.69) is 27.6 Å². The van der Waals surface area contributed by atoms with Crippen LogP contribution in [0.2, 0.25) is 0 Å². The minimum Gasteiger partial charge on any atom is -0.367 e. The molecule has 2 aromatic heterocycles. The van der Waals surface area contributed by atoms with E-state index >= 15 is 0 Å². The summed E-state index contributed by atoms with van der Waals surface area (Å²) in [5, 5.41) is 8.37. The molecule has 0 spiro atoms. The van der Waals surface area contributed by atoms with Crippen LogP contribution >= 0.6 is 11.3 Å². The van der Waals surface area contributed by atoms with Gasteiger partial charge in [0.1, 0.15) is 17.0 Å². The van der Waals surface area contributed by atoms with Gasteiger partial charge in [-0.05, 0) is 70.0 Å². The van der Waals surface area contributed by atoms with Gasteiger partial charge in [0, 0.05) is 10.9 Å². The predicted molar refractivity (Wildman–Crippen MR) is 92.7 cm³/mol. The van der Waals surface area contributed by atoms with E-state index < -0.39 is 0 Å². The predicted octanol–water partition coefficient (Wildman–Crippen LogP) is 3.37. The van der Waals surface area contributed by atoms with Crippen molar-refractivity contribution in [3.8, 4) is 0 Å². The third-order valence-corrected chi connectivity index (χ3v) is 6.38. The Morgan fingerprint density at radius 1 is 1.18 bits per heavy atom. The molecular formula is C17H24N4S. The maximum Gasteiger partial charge on any atom is 0.138 e. The molecule has 118 valence electrons. The molecule has 1 saturated carbocycles. The van der Waals surface area contributed by atoms with Crippen LogP contribution in [-0.2, 0) is 12.8 Å². The second-order valence-electron chi connectivity index (χ2n) is 6.68. The first-order valence-corrected chi connectivity index (χ1v) is 9.33. The van der Waals surface area contributed by atoms with Crippen molar-refractivity contribution >= 4 is 27.4 Å². The molecule has 2 aliphatic carbocycles. The zero-order valence-electron chi connectivity index (χ0n) is 13.2. The molecule has 0 atom stereocenters. The fraction of sp³-hybridized carbons (Fsp3) is 0.647. The van der Waals surface area contributed by atoms with Gasteiger partial charge in [-0.15, -0.1) is 11.3 Å². The molecular weight excluding hydrogens is 292 g/mol. The van der Waals surface area contributed by atoms with Crippen molar-refractivity contribution in [2.75, 3.05) is 18.9 Å². The number of aryl methyl sites for hydroxylation is 2. The zero-order valence-corrected chi connectivity index (χ0v) is 14.0. The normalized spacial score (nSPS) is 24.6. The topological polar surface area (TPSA) is 49.8 Å². The van der Waals surface area contributed by atoms with Gasteiger partial charge in [0.25, 0.3) is 0 Å². The summed E-state index contributed by atoms with van der Waals surface area (Å²) in [6.45, 7) is 1.16. The number of rotatable bonds is 4. The van der Waals surface area contributed by atoms with Gasteiger partial charge in [0.05, 0.1) is 5.39 Å². The van der Waals surface area contributed by atoms with Gasteiger partial charge in [0.15, 0.2) is 0 Å². The van der Waals surface area contributed by atoms with E-state index in [1.54, 1.807) is 6.33 Å². The molecule has 0 radical (unpaired) electrons. The Hall–Kier alpha value is -1.20. The van der Waals surface area contributed by atoms with Crippen molar-refractivity contribution in [1.82, 2.24) is 15.3 Å². The second kappa shape index (κ2) is 6.13. The largest absolute Gasteiger partial charge is 0.367 e. The van der Waals surface area contributed by atoms with Gasteiger partial charge in [-0.25, -0.2) is 9.97 Å². The quantitative estimate of drug-likeness (QED) is 0.908. The molecule has 0 bridgehead atoms. The highest BCUT2D eigenvalue weighted by Gasteiger charge is 2.24. The van der Waals surface area contributed by atoms with Crippen molar-refractivity contribution in [1.29, 1.82) is 0 Å². The average molecular weight is 316 g/mol. The van der Waals surface area contributed by atoms with Crippen LogP contribution < -0.4 is 10.6 Å². The molecule has 0 aromatic carbocycles. The summed E-state index contributed by atoms with van der Waals surface area (Å²) in [6, 6.07) is 0.572. The Morgan fingerprint density at radius 3 is 2.86 bits per heavy atom. The lowest BCUT2D eigenvalue weighted by atomic mass is 9.86. The standard InChI is InChI=1S/C17H24N4S/c1-18-9-11-5-7-12(8-6-11)21-16-15-13-3-2-4-14(13)22-17(15)20-10-19-16/h10-12,18H,2-9H2,1H3,(H,19,20,21)/t11-,12-. The van der Waals surface area contributed by atoms with Crippen LogP contribution in [-0.4, -0.2) is 29.6 Å². The summed E-state index contributed by atoms with van der Waals surface area (Å²) in [5.41, 5.74) is 1.52. The number of nitrogens with zero attached hydrogens (tertiary/aromatic N) is 2. The molecule has 4 nitrogen and oxygen atoms in total. The van der Waals surface area contributed by atoms with E-state index in [4.69, 9.17) is 0 Å². The van der Waals surface area contributed by atoms with Crippen molar-refractivity contribution in [2.45, 2.75) is 51.0 Å². The fourth-order valence-electron chi connectivity index (χ4n) is 4.03. The molecule has 2 aliphatic rings. The minimum absolute atomic E-state index is 0.572. The first-order chi connectivity index (χ1) is 10.8. The summed E-state index contributed by atoms with van der Waals surface area (Å²) in [5.74, 6) is 1.93. The van der Waals surface area contributed by atoms with Gasteiger partial charge < -0.3 is 10.6 Å². The van der Waals surface area contributed by atoms with Gasteiger partial charge in [0.2, 0.25) is 0 Å². The lowest BCUT2D eigenvalue weighted by molar-refractivity contribution is 0.331. The first kappa shape index (κ1) is 14.4. The molecule has 5 heteroatoms. The lowest BCUT2D eigenvalue weighted by Gasteiger charge is -2.29. The molecule has 2 heterocycles. The summed E-state index contributed by atoms with van der Waals surface area (Å²) in [6.07, 6.45) is 10.6. The van der Waals surface area contributed by atoms with Crippen LogP contribution in [0, 0.1) is 5.92 Å². The van der Waals surface area contributed by atoms with Crippen LogP contribution in [0.5, 0.6) is 0 Å². The van der Waals surface area contributed by atoms with Gasteiger partial charge in [-0.3, -0.25) is 0 Å². The van der Waals surface area contributed by atoms with Crippen LogP contribution in [0.4, 0.5) is 5.82 Å². The molecule has 4 rings (SSSR count). The van der Waals surface area contributed by atoms with E-state index in [9.17, 15) is 0 Å². The number of nitrogens with one attached hydrogen (secondary N) is 2. The fourth-order valence-corrected chi connectivity index (χ4v) is 5.26. The maximum absolute atomic E-state index is 4.58. The van der Waals surface area contributed by atoms with E-state index in [-0.39, 0.29) is 0 Å². The molecule has 2 aromatic rings.